The predicted molar refractivity (Wildman–Crippen MR) is 134 cm³/mol. The molecule has 2 rings (SSSR count). The summed E-state index contributed by atoms with van der Waals surface area (Å²) in [5.41, 5.74) is 6.95. The van der Waals surface area contributed by atoms with Crippen molar-refractivity contribution in [2.24, 2.45) is 5.73 Å². The molecule has 1 heterocycles. The Kier molecular flexibility index (Phi) is 11.4. The Morgan fingerprint density at radius 2 is 1.56 bits per heavy atom. The number of aromatic hydroxyl groups is 1. The molecule has 3 amide bonds. The SMILES string of the molecule is CC(O)C(NC(=O)C(Cc1ccc(O)cc1)NC(=O)C(CCC(=O)O)NC(=O)C(N)Cc1cnc[nH]1)C(=O)O. The maximum atomic E-state index is 13.2. The fourth-order valence-corrected chi connectivity index (χ4v) is 3.53. The standard InChI is InChI=1S/C24H32N6O9/c1-12(31)20(24(38)39)30-23(37)18(8-13-2-4-15(32)5-3-13)29-22(36)17(6-7-19(33)34)28-21(35)16(25)9-14-10-26-11-27-14/h2-5,10-12,16-18,20,31-32H,6-9,25H2,1H3,(H,26,27)(H,28,35)(H,29,36)(H,30,37)(H,33,34)(H,38,39). The summed E-state index contributed by atoms with van der Waals surface area (Å²) in [5.74, 6) is -5.42. The molecule has 0 saturated heterocycles. The normalized spacial score (nSPS) is 14.7. The number of aliphatic hydroxyl groups is 1. The van der Waals surface area contributed by atoms with Gasteiger partial charge in [-0.2, -0.15) is 0 Å². The number of carboxylic acids is 2. The van der Waals surface area contributed by atoms with Crippen molar-refractivity contribution in [3.63, 3.8) is 0 Å². The second-order valence-electron chi connectivity index (χ2n) is 8.88. The van der Waals surface area contributed by atoms with Crippen molar-refractivity contribution in [2.75, 3.05) is 0 Å². The van der Waals surface area contributed by atoms with E-state index in [0.29, 0.717) is 11.3 Å². The molecule has 0 bridgehead atoms. The van der Waals surface area contributed by atoms with Gasteiger partial charge in [0.15, 0.2) is 6.04 Å². The number of nitrogens with two attached hydrogens (primary N) is 1. The number of benzene rings is 1. The number of hydrogen-bond donors (Lipinski definition) is 9. The van der Waals surface area contributed by atoms with Crippen molar-refractivity contribution < 1.29 is 44.4 Å². The summed E-state index contributed by atoms with van der Waals surface area (Å²) in [4.78, 5) is 68.1. The molecule has 0 saturated carbocycles. The Bertz CT molecular complexity index is 1140. The van der Waals surface area contributed by atoms with Crippen LogP contribution in [0.25, 0.3) is 0 Å². The first-order valence-corrected chi connectivity index (χ1v) is 11.9. The summed E-state index contributed by atoms with van der Waals surface area (Å²) >= 11 is 0. The Morgan fingerprint density at radius 3 is 2.10 bits per heavy atom. The van der Waals surface area contributed by atoms with Gasteiger partial charge < -0.3 is 47.1 Å². The maximum Gasteiger partial charge on any atom is 0.328 e. The number of H-pyrrole nitrogens is 1. The van der Waals surface area contributed by atoms with Gasteiger partial charge in [0.1, 0.15) is 17.8 Å². The second-order valence-corrected chi connectivity index (χ2v) is 8.88. The molecule has 1 aromatic carbocycles. The van der Waals surface area contributed by atoms with Gasteiger partial charge in [-0.05, 0) is 31.0 Å². The summed E-state index contributed by atoms with van der Waals surface area (Å²) in [7, 11) is 0. The van der Waals surface area contributed by atoms with E-state index in [2.05, 4.69) is 25.9 Å². The summed E-state index contributed by atoms with van der Waals surface area (Å²) in [6.07, 6.45) is 0.467. The minimum absolute atomic E-state index is 0.0493. The minimum Gasteiger partial charge on any atom is -0.508 e. The number of carbonyl (C=O) groups excluding carboxylic acids is 3. The Hall–Kier alpha value is -4.50. The van der Waals surface area contributed by atoms with Crippen molar-refractivity contribution >= 4 is 29.7 Å². The monoisotopic (exact) mass is 548 g/mol. The number of phenolic OH excluding ortho intramolecular Hbond substituents is 1. The molecule has 10 N–H and O–H groups in total. The molecular formula is C24H32N6O9. The number of nitrogens with one attached hydrogen (secondary N) is 4. The number of aliphatic carboxylic acids is 2. The van der Waals surface area contributed by atoms with Crippen LogP contribution >= 0.6 is 0 Å². The van der Waals surface area contributed by atoms with Crippen LogP contribution in [0.1, 0.15) is 31.0 Å². The average molecular weight is 549 g/mol. The van der Waals surface area contributed by atoms with Gasteiger partial charge >= 0.3 is 11.9 Å². The van der Waals surface area contributed by atoms with Gasteiger partial charge in [-0.3, -0.25) is 19.2 Å². The van der Waals surface area contributed by atoms with Crippen LogP contribution in [-0.4, -0.2) is 90.3 Å². The van der Waals surface area contributed by atoms with Gasteiger partial charge in [-0.1, -0.05) is 12.1 Å². The van der Waals surface area contributed by atoms with E-state index in [0.717, 1.165) is 6.92 Å². The topological polar surface area (TPSA) is 257 Å². The number of carbonyl (C=O) groups is 5. The van der Waals surface area contributed by atoms with Gasteiger partial charge in [-0.25, -0.2) is 9.78 Å². The van der Waals surface area contributed by atoms with Crippen molar-refractivity contribution in [1.82, 2.24) is 25.9 Å². The van der Waals surface area contributed by atoms with E-state index in [1.54, 1.807) is 0 Å². The first kappa shape index (κ1) is 30.7. The molecule has 0 radical (unpaired) electrons. The van der Waals surface area contributed by atoms with Crippen LogP contribution < -0.4 is 21.7 Å². The van der Waals surface area contributed by atoms with Crippen molar-refractivity contribution in [3.8, 4) is 5.75 Å². The zero-order valence-corrected chi connectivity index (χ0v) is 21.0. The number of aliphatic hydroxyl groups excluding tert-OH is 1. The van der Waals surface area contributed by atoms with E-state index in [-0.39, 0.29) is 25.0 Å². The van der Waals surface area contributed by atoms with Crippen molar-refractivity contribution in [1.29, 1.82) is 0 Å². The van der Waals surface area contributed by atoms with E-state index >= 15 is 0 Å². The van der Waals surface area contributed by atoms with Crippen LogP contribution in [0.4, 0.5) is 0 Å². The lowest BCUT2D eigenvalue weighted by Gasteiger charge is -2.26. The van der Waals surface area contributed by atoms with Gasteiger partial charge in [0.05, 0.1) is 18.5 Å². The van der Waals surface area contributed by atoms with Crippen molar-refractivity contribution in [3.05, 3.63) is 48.0 Å². The second kappa shape index (κ2) is 14.4. The minimum atomic E-state index is -1.68. The molecule has 15 heteroatoms. The van der Waals surface area contributed by atoms with Crippen molar-refractivity contribution in [2.45, 2.75) is 62.9 Å². The van der Waals surface area contributed by atoms with Gasteiger partial charge in [0.25, 0.3) is 0 Å². The van der Waals surface area contributed by atoms with Crippen LogP contribution in [0.2, 0.25) is 0 Å². The summed E-state index contributed by atoms with van der Waals surface area (Å²) in [6, 6.07) is 0.0580. The van der Waals surface area contributed by atoms with E-state index in [9.17, 15) is 39.3 Å². The third-order valence-electron chi connectivity index (χ3n) is 5.67. The molecule has 0 spiro atoms. The summed E-state index contributed by atoms with van der Waals surface area (Å²) in [5, 5.41) is 44.7. The lowest BCUT2D eigenvalue weighted by atomic mass is 10.0. The van der Waals surface area contributed by atoms with E-state index in [1.807, 2.05) is 0 Å². The molecule has 5 atom stereocenters. The summed E-state index contributed by atoms with van der Waals surface area (Å²) < 4.78 is 0. The smallest absolute Gasteiger partial charge is 0.328 e. The zero-order valence-electron chi connectivity index (χ0n) is 21.0. The number of aromatic amines is 1. The highest BCUT2D eigenvalue weighted by Gasteiger charge is 2.32. The average Bonchev–Trinajstić information content (AvgIpc) is 3.38. The number of rotatable bonds is 15. The number of carboxylic acid groups (broad SMARTS) is 2. The third-order valence-corrected chi connectivity index (χ3v) is 5.67. The zero-order chi connectivity index (χ0) is 29.1. The van der Waals surface area contributed by atoms with Crippen LogP contribution in [0.5, 0.6) is 5.75 Å². The quantitative estimate of drug-likeness (QED) is 0.118. The molecule has 0 fully saturated rings. The largest absolute Gasteiger partial charge is 0.508 e. The summed E-state index contributed by atoms with van der Waals surface area (Å²) in [6.45, 7) is 1.16. The highest BCUT2D eigenvalue weighted by atomic mass is 16.4. The molecule has 0 aliphatic rings. The lowest BCUT2D eigenvalue weighted by Crippen LogP contribution is -2.59. The van der Waals surface area contributed by atoms with Gasteiger partial charge in [0, 0.05) is 31.2 Å². The molecule has 15 nitrogen and oxygen atoms in total. The number of hydrogen-bond acceptors (Lipinski definition) is 9. The van der Waals surface area contributed by atoms with E-state index in [4.69, 9.17) is 10.8 Å². The van der Waals surface area contributed by atoms with Gasteiger partial charge in [0.2, 0.25) is 17.7 Å². The molecule has 212 valence electrons. The molecule has 0 aliphatic carbocycles. The fourth-order valence-electron chi connectivity index (χ4n) is 3.53. The Morgan fingerprint density at radius 1 is 0.949 bits per heavy atom. The van der Waals surface area contributed by atoms with E-state index < -0.39 is 66.4 Å². The highest BCUT2D eigenvalue weighted by molar-refractivity contribution is 5.94. The Balaban J connectivity index is 2.24. The highest BCUT2D eigenvalue weighted by Crippen LogP contribution is 2.12. The molecule has 5 unspecified atom stereocenters. The number of aromatic nitrogens is 2. The number of nitrogens with zero attached hydrogens (tertiary/aromatic N) is 1. The Labute approximate surface area is 222 Å². The third kappa shape index (κ3) is 10.1. The molecule has 2 aromatic rings. The lowest BCUT2D eigenvalue weighted by molar-refractivity contribution is -0.145. The van der Waals surface area contributed by atoms with Gasteiger partial charge in [-0.15, -0.1) is 0 Å². The predicted octanol–water partition coefficient (Wildman–Crippen LogP) is -1.99. The molecule has 0 aliphatic heterocycles. The molecular weight excluding hydrogens is 516 g/mol. The molecule has 1 aromatic heterocycles. The molecule has 39 heavy (non-hydrogen) atoms. The maximum absolute atomic E-state index is 13.2. The fraction of sp³-hybridized carbons (Fsp3) is 0.417. The van der Waals surface area contributed by atoms with Crippen LogP contribution in [0.15, 0.2) is 36.8 Å². The first-order chi connectivity index (χ1) is 18.4. The number of amides is 3. The number of phenols is 1. The van der Waals surface area contributed by atoms with E-state index in [1.165, 1.54) is 36.8 Å². The van der Waals surface area contributed by atoms with Crippen LogP contribution in [0.3, 0.4) is 0 Å². The van der Waals surface area contributed by atoms with Crippen LogP contribution in [0, 0.1) is 0 Å². The van der Waals surface area contributed by atoms with Crippen LogP contribution in [-0.2, 0) is 36.8 Å². The number of imidazole rings is 1. The first-order valence-electron chi connectivity index (χ1n) is 11.9.